The second kappa shape index (κ2) is 5.50. The summed E-state index contributed by atoms with van der Waals surface area (Å²) in [4.78, 5) is 36.9. The number of piperazine rings is 1. The van der Waals surface area contributed by atoms with E-state index in [9.17, 15) is 14.4 Å². The maximum atomic E-state index is 12.3. The van der Waals surface area contributed by atoms with E-state index in [1.165, 1.54) is 4.90 Å². The molecule has 0 aromatic carbocycles. The van der Waals surface area contributed by atoms with Crippen molar-refractivity contribution in [3.8, 4) is 0 Å². The standard InChI is InChI=1S/C12H19N3O3S/c1-12(2)11(18)14-9(16)6-15(12)10(17)5-8-7-19-4-3-13-8/h8,13H,3-7H2,1-2H3,(H,14,16,18). The van der Waals surface area contributed by atoms with E-state index in [2.05, 4.69) is 10.6 Å². The predicted octanol–water partition coefficient (Wildman–Crippen LogP) is -0.655. The van der Waals surface area contributed by atoms with Crippen LogP contribution >= 0.6 is 11.8 Å². The van der Waals surface area contributed by atoms with Crippen LogP contribution in [0.15, 0.2) is 0 Å². The van der Waals surface area contributed by atoms with Gasteiger partial charge in [-0.1, -0.05) is 0 Å². The van der Waals surface area contributed by atoms with E-state index in [-0.39, 0.29) is 18.5 Å². The van der Waals surface area contributed by atoms with Crippen molar-refractivity contribution >= 4 is 29.5 Å². The summed E-state index contributed by atoms with van der Waals surface area (Å²) in [7, 11) is 0. The molecule has 2 rings (SSSR count). The topological polar surface area (TPSA) is 78.5 Å². The molecule has 2 saturated heterocycles. The van der Waals surface area contributed by atoms with Gasteiger partial charge in [-0.3, -0.25) is 19.7 Å². The van der Waals surface area contributed by atoms with Crippen LogP contribution in [0.2, 0.25) is 0 Å². The zero-order valence-electron chi connectivity index (χ0n) is 11.2. The van der Waals surface area contributed by atoms with Gasteiger partial charge in [-0.05, 0) is 13.8 Å². The molecule has 2 aliphatic rings. The summed E-state index contributed by atoms with van der Waals surface area (Å²) >= 11 is 1.81. The molecule has 2 N–H and O–H groups in total. The minimum atomic E-state index is -0.965. The Morgan fingerprint density at radius 1 is 1.47 bits per heavy atom. The predicted molar refractivity (Wildman–Crippen MR) is 72.7 cm³/mol. The highest BCUT2D eigenvalue weighted by Crippen LogP contribution is 2.20. The Kier molecular flexibility index (Phi) is 4.15. The van der Waals surface area contributed by atoms with Gasteiger partial charge in [-0.25, -0.2) is 0 Å². The summed E-state index contributed by atoms with van der Waals surface area (Å²) in [6.45, 7) is 4.17. The van der Waals surface area contributed by atoms with Crippen LogP contribution in [-0.4, -0.2) is 58.8 Å². The highest BCUT2D eigenvalue weighted by atomic mass is 32.2. The van der Waals surface area contributed by atoms with Crippen molar-refractivity contribution in [2.24, 2.45) is 0 Å². The second-order valence-electron chi connectivity index (χ2n) is 5.35. The fraction of sp³-hybridized carbons (Fsp3) is 0.750. The van der Waals surface area contributed by atoms with Crippen molar-refractivity contribution in [1.29, 1.82) is 0 Å². The van der Waals surface area contributed by atoms with E-state index in [1.54, 1.807) is 13.8 Å². The quantitative estimate of drug-likeness (QED) is 0.659. The summed E-state index contributed by atoms with van der Waals surface area (Å²) in [5.41, 5.74) is -0.965. The summed E-state index contributed by atoms with van der Waals surface area (Å²) in [5, 5.41) is 5.55. The number of nitrogens with one attached hydrogen (secondary N) is 2. The number of imide groups is 1. The van der Waals surface area contributed by atoms with Crippen molar-refractivity contribution in [1.82, 2.24) is 15.5 Å². The van der Waals surface area contributed by atoms with Gasteiger partial charge in [0.05, 0.1) is 0 Å². The number of thioether (sulfide) groups is 1. The van der Waals surface area contributed by atoms with Crippen LogP contribution in [0.3, 0.4) is 0 Å². The highest BCUT2D eigenvalue weighted by Gasteiger charge is 2.43. The lowest BCUT2D eigenvalue weighted by Crippen LogP contribution is -2.66. The van der Waals surface area contributed by atoms with Gasteiger partial charge < -0.3 is 10.2 Å². The largest absolute Gasteiger partial charge is 0.319 e. The number of carbonyl (C=O) groups excluding carboxylic acids is 3. The molecular formula is C12H19N3O3S. The molecular weight excluding hydrogens is 266 g/mol. The van der Waals surface area contributed by atoms with Crippen LogP contribution in [0.1, 0.15) is 20.3 Å². The molecule has 0 aliphatic carbocycles. The third-order valence-electron chi connectivity index (χ3n) is 3.51. The lowest BCUT2D eigenvalue weighted by Gasteiger charge is -2.40. The number of rotatable bonds is 2. The van der Waals surface area contributed by atoms with E-state index in [4.69, 9.17) is 0 Å². The lowest BCUT2D eigenvalue weighted by atomic mass is 9.97. The highest BCUT2D eigenvalue weighted by molar-refractivity contribution is 7.99. The maximum absolute atomic E-state index is 12.3. The zero-order valence-corrected chi connectivity index (χ0v) is 12.0. The molecule has 1 unspecified atom stereocenters. The normalized spacial score (nSPS) is 27.1. The number of hydrogen-bond donors (Lipinski definition) is 2. The Labute approximate surface area is 116 Å². The van der Waals surface area contributed by atoms with E-state index in [0.29, 0.717) is 6.42 Å². The first-order valence-corrected chi connectivity index (χ1v) is 7.52. The lowest BCUT2D eigenvalue weighted by molar-refractivity contribution is -0.155. The molecule has 0 spiro atoms. The average molecular weight is 285 g/mol. The SMILES string of the molecule is CC1(C)C(=O)NC(=O)CN1C(=O)CC1CSCCN1. The Hall–Kier alpha value is -1.08. The number of hydrogen-bond acceptors (Lipinski definition) is 5. The molecule has 19 heavy (non-hydrogen) atoms. The smallest absolute Gasteiger partial charge is 0.252 e. The van der Waals surface area contributed by atoms with Gasteiger partial charge in [0.15, 0.2) is 0 Å². The monoisotopic (exact) mass is 285 g/mol. The van der Waals surface area contributed by atoms with Crippen molar-refractivity contribution in [2.75, 3.05) is 24.6 Å². The first-order chi connectivity index (χ1) is 8.91. The van der Waals surface area contributed by atoms with Gasteiger partial charge in [0.25, 0.3) is 5.91 Å². The summed E-state index contributed by atoms with van der Waals surface area (Å²) in [6, 6.07) is 0.127. The summed E-state index contributed by atoms with van der Waals surface area (Å²) in [6.07, 6.45) is 0.330. The summed E-state index contributed by atoms with van der Waals surface area (Å²) in [5.74, 6) is 0.973. The van der Waals surface area contributed by atoms with Crippen LogP contribution in [0.4, 0.5) is 0 Å². The zero-order chi connectivity index (χ0) is 14.0. The molecule has 0 radical (unpaired) electrons. The Morgan fingerprint density at radius 3 is 2.84 bits per heavy atom. The minimum Gasteiger partial charge on any atom is -0.319 e. The van der Waals surface area contributed by atoms with Crippen molar-refractivity contribution in [3.05, 3.63) is 0 Å². The molecule has 1 atom stereocenters. The molecule has 7 heteroatoms. The van der Waals surface area contributed by atoms with Gasteiger partial charge in [0.1, 0.15) is 12.1 Å². The van der Waals surface area contributed by atoms with Crippen molar-refractivity contribution in [2.45, 2.75) is 31.8 Å². The first-order valence-electron chi connectivity index (χ1n) is 6.37. The summed E-state index contributed by atoms with van der Waals surface area (Å²) < 4.78 is 0. The second-order valence-corrected chi connectivity index (χ2v) is 6.50. The van der Waals surface area contributed by atoms with Crippen LogP contribution in [0, 0.1) is 0 Å². The van der Waals surface area contributed by atoms with Gasteiger partial charge in [-0.2, -0.15) is 11.8 Å². The minimum absolute atomic E-state index is 0.0442. The fourth-order valence-corrected chi connectivity index (χ4v) is 3.20. The molecule has 3 amide bonds. The molecule has 0 bridgehead atoms. The Morgan fingerprint density at radius 2 is 2.21 bits per heavy atom. The third-order valence-corrected chi connectivity index (χ3v) is 4.64. The third kappa shape index (κ3) is 3.09. The van der Waals surface area contributed by atoms with Gasteiger partial charge in [-0.15, -0.1) is 0 Å². The molecule has 2 fully saturated rings. The van der Waals surface area contributed by atoms with Crippen molar-refractivity contribution in [3.63, 3.8) is 0 Å². The van der Waals surface area contributed by atoms with Gasteiger partial charge in [0, 0.05) is 30.5 Å². The van der Waals surface area contributed by atoms with Crippen LogP contribution in [0.25, 0.3) is 0 Å². The number of amides is 3. The molecule has 6 nitrogen and oxygen atoms in total. The molecule has 2 aliphatic heterocycles. The fourth-order valence-electron chi connectivity index (χ4n) is 2.25. The average Bonchev–Trinajstić information content (AvgIpc) is 2.35. The molecule has 0 aromatic heterocycles. The molecule has 2 heterocycles. The molecule has 0 saturated carbocycles. The van der Waals surface area contributed by atoms with E-state index in [0.717, 1.165) is 18.1 Å². The van der Waals surface area contributed by atoms with Crippen LogP contribution in [0.5, 0.6) is 0 Å². The van der Waals surface area contributed by atoms with E-state index in [1.807, 2.05) is 11.8 Å². The van der Waals surface area contributed by atoms with Crippen molar-refractivity contribution < 1.29 is 14.4 Å². The van der Waals surface area contributed by atoms with Gasteiger partial charge >= 0.3 is 0 Å². The van der Waals surface area contributed by atoms with E-state index >= 15 is 0 Å². The molecule has 106 valence electrons. The first kappa shape index (κ1) is 14.3. The Balaban J connectivity index is 2.03. The number of nitrogens with zero attached hydrogens (tertiary/aromatic N) is 1. The van der Waals surface area contributed by atoms with Crippen LogP contribution in [-0.2, 0) is 14.4 Å². The van der Waals surface area contributed by atoms with Crippen LogP contribution < -0.4 is 10.6 Å². The number of carbonyl (C=O) groups is 3. The Bertz CT molecular complexity index is 405. The van der Waals surface area contributed by atoms with E-state index < -0.39 is 17.4 Å². The molecule has 0 aromatic rings. The van der Waals surface area contributed by atoms with Gasteiger partial charge in [0.2, 0.25) is 11.8 Å². The maximum Gasteiger partial charge on any atom is 0.252 e.